The number of carbonyl (C=O) groups excluding carboxylic acids is 3. The molecule has 8 heteroatoms. The molecule has 0 fully saturated rings. The molecule has 0 aliphatic carbocycles. The number of benzene rings is 3. The van der Waals surface area contributed by atoms with Gasteiger partial charge in [0.1, 0.15) is 12.6 Å². The normalized spacial score (nSPS) is 11.1. The van der Waals surface area contributed by atoms with Crippen LogP contribution in [0.25, 0.3) is 0 Å². The molecule has 0 spiro atoms. The van der Waals surface area contributed by atoms with Gasteiger partial charge in [0, 0.05) is 0 Å². The number of para-hydroxylation sites is 2. The van der Waals surface area contributed by atoms with Crippen LogP contribution in [0.15, 0.2) is 91.0 Å². The fourth-order valence-electron chi connectivity index (χ4n) is 2.94. The van der Waals surface area contributed by atoms with E-state index in [0.29, 0.717) is 11.4 Å². The van der Waals surface area contributed by atoms with Crippen molar-refractivity contribution in [3.63, 3.8) is 0 Å². The lowest BCUT2D eigenvalue weighted by molar-refractivity contribution is -0.127. The Kier molecular flexibility index (Phi) is 7.80. The van der Waals surface area contributed by atoms with E-state index in [9.17, 15) is 14.4 Å². The largest absolute Gasteiger partial charge is 0.445 e. The maximum atomic E-state index is 13.0. The van der Waals surface area contributed by atoms with Crippen molar-refractivity contribution in [3.8, 4) is 0 Å². The maximum absolute atomic E-state index is 13.0. The van der Waals surface area contributed by atoms with Crippen LogP contribution in [-0.2, 0) is 20.9 Å². The minimum Gasteiger partial charge on any atom is -0.445 e. The molecule has 0 bridgehead atoms. The molecule has 1 atom stereocenters. The molecule has 3 amide bonds. The Balaban J connectivity index is 1.72. The van der Waals surface area contributed by atoms with Crippen molar-refractivity contribution in [2.45, 2.75) is 19.1 Å². The average molecular weight is 432 g/mol. The Morgan fingerprint density at radius 2 is 1.31 bits per heavy atom. The van der Waals surface area contributed by atoms with Crippen molar-refractivity contribution in [3.05, 3.63) is 96.6 Å². The number of primary amides is 1. The van der Waals surface area contributed by atoms with Crippen molar-refractivity contribution in [1.82, 2.24) is 10.7 Å². The Hall–Kier alpha value is -4.33. The number of carbonyl (C=O) groups is 3. The van der Waals surface area contributed by atoms with Gasteiger partial charge in [-0.3, -0.25) is 20.0 Å². The second-order valence-corrected chi connectivity index (χ2v) is 6.91. The molecule has 0 saturated carbocycles. The number of hydrogen-bond acceptors (Lipinski definition) is 5. The van der Waals surface area contributed by atoms with Crippen LogP contribution in [-0.4, -0.2) is 23.9 Å². The van der Waals surface area contributed by atoms with Crippen LogP contribution in [0.1, 0.15) is 12.0 Å². The highest BCUT2D eigenvalue weighted by Crippen LogP contribution is 2.22. The molecule has 0 saturated heterocycles. The number of amides is 3. The van der Waals surface area contributed by atoms with E-state index < -0.39 is 23.9 Å². The molecule has 8 nitrogen and oxygen atoms in total. The quantitative estimate of drug-likeness (QED) is 0.450. The Labute approximate surface area is 186 Å². The van der Waals surface area contributed by atoms with Gasteiger partial charge < -0.3 is 15.8 Å². The first-order chi connectivity index (χ1) is 15.5. The molecule has 0 unspecified atom stereocenters. The molecular formula is C24H24N4O4. The number of anilines is 2. The van der Waals surface area contributed by atoms with Crippen LogP contribution in [0.5, 0.6) is 0 Å². The molecular weight excluding hydrogens is 408 g/mol. The van der Waals surface area contributed by atoms with Gasteiger partial charge in [-0.05, 0) is 29.8 Å². The summed E-state index contributed by atoms with van der Waals surface area (Å²) in [5.74, 6) is -1.35. The van der Waals surface area contributed by atoms with Crippen molar-refractivity contribution >= 4 is 29.3 Å². The van der Waals surface area contributed by atoms with Crippen molar-refractivity contribution in [1.29, 1.82) is 0 Å². The van der Waals surface area contributed by atoms with Gasteiger partial charge in [-0.25, -0.2) is 4.79 Å². The van der Waals surface area contributed by atoms with Gasteiger partial charge >= 0.3 is 6.09 Å². The monoisotopic (exact) mass is 432 g/mol. The highest BCUT2D eigenvalue weighted by Gasteiger charge is 2.26. The standard InChI is InChI=1S/C24H24N4O4/c25-22(29)16-21(26-24(31)32-17-18-10-4-1-5-11-18)23(30)27-28(19-12-6-2-7-13-19)20-14-8-3-9-15-20/h1-15,21H,16-17H2,(H2,25,29)(H,26,31)(H,27,30)/t21-/m1/s1. The molecule has 3 rings (SSSR count). The fourth-order valence-corrected chi connectivity index (χ4v) is 2.94. The SMILES string of the molecule is NC(=O)C[C@@H](NC(=O)OCc1ccccc1)C(=O)NN(c1ccccc1)c1ccccc1. The zero-order chi connectivity index (χ0) is 22.8. The van der Waals surface area contributed by atoms with Crippen LogP contribution in [0.2, 0.25) is 0 Å². The second kappa shape index (κ2) is 11.2. The summed E-state index contributed by atoms with van der Waals surface area (Å²) in [7, 11) is 0. The summed E-state index contributed by atoms with van der Waals surface area (Å²) in [6.07, 6.45) is -1.22. The lowest BCUT2D eigenvalue weighted by atomic mass is 10.2. The summed E-state index contributed by atoms with van der Waals surface area (Å²) in [6.45, 7) is 0.0255. The van der Waals surface area contributed by atoms with Gasteiger partial charge in [0.2, 0.25) is 5.91 Å². The van der Waals surface area contributed by atoms with Crippen molar-refractivity contribution in [2.24, 2.45) is 5.73 Å². The van der Waals surface area contributed by atoms with Crippen LogP contribution in [0, 0.1) is 0 Å². The lowest BCUT2D eigenvalue weighted by Gasteiger charge is -2.27. The minimum absolute atomic E-state index is 0.0255. The number of hydrazine groups is 1. The van der Waals surface area contributed by atoms with Gasteiger partial charge in [0.25, 0.3) is 5.91 Å². The maximum Gasteiger partial charge on any atom is 0.408 e. The number of alkyl carbamates (subject to hydrolysis) is 1. The molecule has 4 N–H and O–H groups in total. The first-order valence-corrected chi connectivity index (χ1v) is 9.99. The van der Waals surface area contributed by atoms with E-state index in [1.54, 1.807) is 17.1 Å². The molecule has 32 heavy (non-hydrogen) atoms. The molecule has 0 aliphatic rings. The predicted molar refractivity (Wildman–Crippen MR) is 121 cm³/mol. The van der Waals surface area contributed by atoms with Gasteiger partial charge in [-0.2, -0.15) is 0 Å². The topological polar surface area (TPSA) is 114 Å². The van der Waals surface area contributed by atoms with Gasteiger partial charge in [0.05, 0.1) is 17.8 Å². The Morgan fingerprint density at radius 3 is 1.81 bits per heavy atom. The van der Waals surface area contributed by atoms with E-state index in [1.165, 1.54) is 0 Å². The minimum atomic E-state index is -1.22. The number of ether oxygens (including phenoxy) is 1. The number of rotatable bonds is 9. The van der Waals surface area contributed by atoms with E-state index in [1.807, 2.05) is 78.9 Å². The molecule has 0 radical (unpaired) electrons. The van der Waals surface area contributed by atoms with E-state index in [4.69, 9.17) is 10.5 Å². The Bertz CT molecular complexity index is 990. The van der Waals surface area contributed by atoms with E-state index in [-0.39, 0.29) is 13.0 Å². The zero-order valence-electron chi connectivity index (χ0n) is 17.3. The zero-order valence-corrected chi connectivity index (χ0v) is 17.3. The van der Waals surface area contributed by atoms with Crippen LogP contribution < -0.4 is 21.5 Å². The van der Waals surface area contributed by atoms with Crippen LogP contribution >= 0.6 is 0 Å². The average Bonchev–Trinajstić information content (AvgIpc) is 2.82. The summed E-state index contributed by atoms with van der Waals surface area (Å²) in [5, 5.41) is 3.99. The molecule has 0 heterocycles. The smallest absolute Gasteiger partial charge is 0.408 e. The van der Waals surface area contributed by atoms with Crippen molar-refractivity contribution < 1.29 is 19.1 Å². The van der Waals surface area contributed by atoms with E-state index >= 15 is 0 Å². The number of nitrogens with one attached hydrogen (secondary N) is 2. The first-order valence-electron chi connectivity index (χ1n) is 9.99. The summed E-state index contributed by atoms with van der Waals surface area (Å²) < 4.78 is 5.17. The number of nitrogens with two attached hydrogens (primary N) is 1. The highest BCUT2D eigenvalue weighted by atomic mass is 16.5. The van der Waals surface area contributed by atoms with Crippen LogP contribution in [0.4, 0.5) is 16.2 Å². The number of hydrogen-bond donors (Lipinski definition) is 3. The van der Waals surface area contributed by atoms with Gasteiger partial charge in [0.15, 0.2) is 0 Å². The predicted octanol–water partition coefficient (Wildman–Crippen LogP) is 3.03. The summed E-state index contributed by atoms with van der Waals surface area (Å²) >= 11 is 0. The summed E-state index contributed by atoms with van der Waals surface area (Å²) in [4.78, 5) is 36.8. The van der Waals surface area contributed by atoms with Crippen molar-refractivity contribution in [2.75, 3.05) is 5.01 Å². The highest BCUT2D eigenvalue weighted by molar-refractivity contribution is 5.92. The summed E-state index contributed by atoms with van der Waals surface area (Å²) in [5.41, 5.74) is 10.2. The second-order valence-electron chi connectivity index (χ2n) is 6.91. The lowest BCUT2D eigenvalue weighted by Crippen LogP contribution is -2.52. The summed E-state index contributed by atoms with van der Waals surface area (Å²) in [6, 6.07) is 26.2. The number of nitrogens with zero attached hydrogens (tertiary/aromatic N) is 1. The third kappa shape index (κ3) is 6.60. The molecule has 3 aromatic carbocycles. The molecule has 164 valence electrons. The van der Waals surface area contributed by atoms with Gasteiger partial charge in [-0.1, -0.05) is 66.7 Å². The molecule has 0 aliphatic heterocycles. The fraction of sp³-hybridized carbons (Fsp3) is 0.125. The third-order valence-electron chi connectivity index (χ3n) is 4.48. The Morgan fingerprint density at radius 1 is 0.812 bits per heavy atom. The molecule has 3 aromatic rings. The van der Waals surface area contributed by atoms with Crippen LogP contribution in [0.3, 0.4) is 0 Å². The molecule has 0 aromatic heterocycles. The van der Waals surface area contributed by atoms with Gasteiger partial charge in [-0.15, -0.1) is 0 Å². The van der Waals surface area contributed by atoms with E-state index in [2.05, 4.69) is 10.7 Å². The third-order valence-corrected chi connectivity index (χ3v) is 4.48. The first kappa shape index (κ1) is 22.4. The van der Waals surface area contributed by atoms with E-state index in [0.717, 1.165) is 5.56 Å².